The van der Waals surface area contributed by atoms with Gasteiger partial charge in [0.15, 0.2) is 0 Å². The lowest BCUT2D eigenvalue weighted by Gasteiger charge is -2.26. The number of benzene rings is 2. The summed E-state index contributed by atoms with van der Waals surface area (Å²) in [5.74, 6) is -0.202. The fraction of sp³-hybridized carbons (Fsp3) is 0.381. The van der Waals surface area contributed by atoms with E-state index in [1.54, 1.807) is 12.1 Å². The molecule has 0 fully saturated rings. The van der Waals surface area contributed by atoms with E-state index in [1.165, 1.54) is 4.31 Å². The van der Waals surface area contributed by atoms with Crippen LogP contribution in [0.5, 0.6) is 0 Å². The van der Waals surface area contributed by atoms with Gasteiger partial charge in [0.05, 0.1) is 18.0 Å². The first kappa shape index (κ1) is 21.0. The normalized spacial score (nSPS) is 12.7. The maximum atomic E-state index is 12.6. The van der Waals surface area contributed by atoms with E-state index in [0.717, 1.165) is 22.9 Å². The van der Waals surface area contributed by atoms with Gasteiger partial charge in [0, 0.05) is 0 Å². The molecule has 2 aromatic rings. The van der Waals surface area contributed by atoms with Crippen LogP contribution in [-0.4, -0.2) is 27.1 Å². The van der Waals surface area contributed by atoms with Crippen LogP contribution in [0.2, 0.25) is 0 Å². The first-order valence-electron chi connectivity index (χ1n) is 9.02. The number of nitrogens with zero attached hydrogens (tertiary/aromatic N) is 1. The molecular formula is C21H28N2O3S. The van der Waals surface area contributed by atoms with Crippen molar-refractivity contribution in [2.75, 3.05) is 17.1 Å². The van der Waals surface area contributed by atoms with E-state index in [9.17, 15) is 13.2 Å². The molecule has 0 aliphatic heterocycles. The minimum absolute atomic E-state index is 0.139. The number of rotatable bonds is 7. The Morgan fingerprint density at radius 1 is 1.04 bits per heavy atom. The molecule has 1 N–H and O–H groups in total. The lowest BCUT2D eigenvalue weighted by Crippen LogP contribution is -2.41. The molecular weight excluding hydrogens is 360 g/mol. The number of para-hydroxylation sites is 1. The van der Waals surface area contributed by atoms with E-state index in [2.05, 4.69) is 5.32 Å². The monoisotopic (exact) mass is 388 g/mol. The molecule has 0 aliphatic carbocycles. The van der Waals surface area contributed by atoms with Crippen LogP contribution in [0.25, 0.3) is 0 Å². The van der Waals surface area contributed by atoms with Crippen molar-refractivity contribution in [3.8, 4) is 0 Å². The molecule has 0 aromatic heterocycles. The van der Waals surface area contributed by atoms with E-state index in [-0.39, 0.29) is 24.4 Å². The minimum Gasteiger partial charge on any atom is -0.348 e. The number of hydrogen-bond acceptors (Lipinski definition) is 3. The summed E-state index contributed by atoms with van der Waals surface area (Å²) in [6.45, 7) is 7.63. The predicted molar refractivity (Wildman–Crippen MR) is 110 cm³/mol. The zero-order chi connectivity index (χ0) is 20.2. The SMILES string of the molecule is Cc1ccc(C(C)NC(=O)CN(c2ccccc2C(C)C)S(C)(=O)=O)cc1. The van der Waals surface area contributed by atoms with Crippen molar-refractivity contribution in [3.05, 3.63) is 65.2 Å². The van der Waals surface area contributed by atoms with Crippen LogP contribution in [0, 0.1) is 6.92 Å². The summed E-state index contributed by atoms with van der Waals surface area (Å²) in [5, 5.41) is 2.89. The standard InChI is InChI=1S/C21H28N2O3S/c1-15(2)19-8-6-7-9-20(19)23(27(5,25)26)14-21(24)22-17(4)18-12-10-16(3)11-13-18/h6-13,15,17H,14H2,1-5H3,(H,22,24). The van der Waals surface area contributed by atoms with Gasteiger partial charge in [-0.15, -0.1) is 0 Å². The molecule has 146 valence electrons. The third-order valence-corrected chi connectivity index (χ3v) is 5.60. The van der Waals surface area contributed by atoms with Crippen LogP contribution >= 0.6 is 0 Å². The summed E-state index contributed by atoms with van der Waals surface area (Å²) in [4.78, 5) is 12.6. The second-order valence-electron chi connectivity index (χ2n) is 7.18. The van der Waals surface area contributed by atoms with Crippen LogP contribution < -0.4 is 9.62 Å². The summed E-state index contributed by atoms with van der Waals surface area (Å²) in [5.41, 5.74) is 3.56. The number of carbonyl (C=O) groups is 1. The van der Waals surface area contributed by atoms with Crippen molar-refractivity contribution in [3.63, 3.8) is 0 Å². The lowest BCUT2D eigenvalue weighted by molar-refractivity contribution is -0.120. The van der Waals surface area contributed by atoms with E-state index < -0.39 is 10.0 Å². The largest absolute Gasteiger partial charge is 0.348 e. The highest BCUT2D eigenvalue weighted by Crippen LogP contribution is 2.28. The highest BCUT2D eigenvalue weighted by Gasteiger charge is 2.24. The zero-order valence-corrected chi connectivity index (χ0v) is 17.4. The van der Waals surface area contributed by atoms with Gasteiger partial charge in [-0.25, -0.2) is 8.42 Å². The Morgan fingerprint density at radius 2 is 1.63 bits per heavy atom. The predicted octanol–water partition coefficient (Wildman–Crippen LogP) is 3.76. The van der Waals surface area contributed by atoms with Crippen LogP contribution in [-0.2, 0) is 14.8 Å². The fourth-order valence-corrected chi connectivity index (χ4v) is 3.82. The van der Waals surface area contributed by atoms with Crippen molar-refractivity contribution in [2.24, 2.45) is 0 Å². The summed E-state index contributed by atoms with van der Waals surface area (Å²) >= 11 is 0. The third-order valence-electron chi connectivity index (χ3n) is 4.47. The van der Waals surface area contributed by atoms with Gasteiger partial charge in [-0.3, -0.25) is 9.10 Å². The van der Waals surface area contributed by atoms with Crippen LogP contribution in [0.3, 0.4) is 0 Å². The second kappa shape index (κ2) is 8.57. The van der Waals surface area contributed by atoms with Crippen molar-refractivity contribution >= 4 is 21.6 Å². The van der Waals surface area contributed by atoms with Gasteiger partial charge >= 0.3 is 0 Å². The van der Waals surface area contributed by atoms with Crippen molar-refractivity contribution in [1.82, 2.24) is 5.32 Å². The quantitative estimate of drug-likeness (QED) is 0.785. The maximum absolute atomic E-state index is 12.6. The zero-order valence-electron chi connectivity index (χ0n) is 16.6. The highest BCUT2D eigenvalue weighted by atomic mass is 32.2. The summed E-state index contributed by atoms with van der Waals surface area (Å²) in [7, 11) is -3.60. The Kier molecular flexibility index (Phi) is 6.65. The van der Waals surface area contributed by atoms with E-state index in [1.807, 2.05) is 64.1 Å². The van der Waals surface area contributed by atoms with Crippen molar-refractivity contribution in [2.45, 2.75) is 39.7 Å². The van der Waals surface area contributed by atoms with E-state index >= 15 is 0 Å². The molecule has 0 spiro atoms. The molecule has 5 nitrogen and oxygen atoms in total. The molecule has 1 unspecified atom stereocenters. The molecule has 0 bridgehead atoms. The first-order chi connectivity index (χ1) is 12.6. The van der Waals surface area contributed by atoms with Gasteiger partial charge in [-0.2, -0.15) is 0 Å². The smallest absolute Gasteiger partial charge is 0.241 e. The maximum Gasteiger partial charge on any atom is 0.241 e. The highest BCUT2D eigenvalue weighted by molar-refractivity contribution is 7.92. The third kappa shape index (κ3) is 5.57. The Hall–Kier alpha value is -2.34. The fourth-order valence-electron chi connectivity index (χ4n) is 2.94. The van der Waals surface area contributed by atoms with Gasteiger partial charge in [0.25, 0.3) is 0 Å². The molecule has 0 aliphatic rings. The van der Waals surface area contributed by atoms with Crippen LogP contribution in [0.4, 0.5) is 5.69 Å². The number of amides is 1. The molecule has 6 heteroatoms. The molecule has 0 saturated carbocycles. The van der Waals surface area contributed by atoms with Gasteiger partial charge in [0.1, 0.15) is 6.54 Å². The molecule has 2 rings (SSSR count). The topological polar surface area (TPSA) is 66.5 Å². The Balaban J connectivity index is 2.22. The van der Waals surface area contributed by atoms with E-state index in [4.69, 9.17) is 0 Å². The van der Waals surface area contributed by atoms with Gasteiger partial charge in [-0.1, -0.05) is 61.9 Å². The Labute approximate surface area is 162 Å². The molecule has 27 heavy (non-hydrogen) atoms. The van der Waals surface area contributed by atoms with Crippen LogP contribution in [0.15, 0.2) is 48.5 Å². The lowest BCUT2D eigenvalue weighted by atomic mass is 10.0. The first-order valence-corrected chi connectivity index (χ1v) is 10.9. The average Bonchev–Trinajstić information content (AvgIpc) is 2.59. The summed E-state index contributed by atoms with van der Waals surface area (Å²) in [6.07, 6.45) is 1.13. The number of aryl methyl sites for hydroxylation is 1. The van der Waals surface area contributed by atoms with Crippen molar-refractivity contribution < 1.29 is 13.2 Å². The summed E-state index contributed by atoms with van der Waals surface area (Å²) < 4.78 is 25.9. The minimum atomic E-state index is -3.60. The van der Waals surface area contributed by atoms with E-state index in [0.29, 0.717) is 5.69 Å². The molecule has 1 atom stereocenters. The van der Waals surface area contributed by atoms with Gasteiger partial charge < -0.3 is 5.32 Å². The number of hydrogen-bond donors (Lipinski definition) is 1. The molecule has 0 radical (unpaired) electrons. The molecule has 2 aromatic carbocycles. The second-order valence-corrected chi connectivity index (χ2v) is 9.09. The summed E-state index contributed by atoms with van der Waals surface area (Å²) in [6, 6.07) is 15.0. The van der Waals surface area contributed by atoms with Gasteiger partial charge in [0.2, 0.25) is 15.9 Å². The number of anilines is 1. The number of nitrogens with one attached hydrogen (secondary N) is 1. The Morgan fingerprint density at radius 3 is 2.19 bits per heavy atom. The number of sulfonamides is 1. The molecule has 0 heterocycles. The van der Waals surface area contributed by atoms with Crippen LogP contribution in [0.1, 0.15) is 49.4 Å². The Bertz CT molecular complexity index is 890. The van der Waals surface area contributed by atoms with Gasteiger partial charge in [-0.05, 0) is 37.0 Å². The molecule has 0 saturated heterocycles. The molecule has 1 amide bonds. The number of carbonyl (C=O) groups excluding carboxylic acids is 1. The average molecular weight is 389 g/mol. The van der Waals surface area contributed by atoms with Crippen molar-refractivity contribution in [1.29, 1.82) is 0 Å².